The zero-order valence-electron chi connectivity index (χ0n) is 9.97. The lowest BCUT2D eigenvalue weighted by Crippen LogP contribution is -2.07. The molecule has 1 aromatic heterocycles. The summed E-state index contributed by atoms with van der Waals surface area (Å²) in [6, 6.07) is 7.88. The Hall–Kier alpha value is -2.03. The molecule has 0 spiro atoms. The van der Waals surface area contributed by atoms with Crippen molar-refractivity contribution in [2.45, 2.75) is 20.3 Å². The Morgan fingerprint density at radius 1 is 1.12 bits per heavy atom. The maximum atomic E-state index is 12.0. The smallest absolute Gasteiger partial charge is 0.187 e. The van der Waals surface area contributed by atoms with Gasteiger partial charge < -0.3 is 0 Å². The van der Waals surface area contributed by atoms with Gasteiger partial charge in [0.15, 0.2) is 5.78 Å². The summed E-state index contributed by atoms with van der Waals surface area (Å²) in [5.41, 5.74) is 3.41. The average Bonchev–Trinajstić information content (AvgIpc) is 2.33. The highest BCUT2D eigenvalue weighted by atomic mass is 16.1. The highest BCUT2D eigenvalue weighted by molar-refractivity contribution is 5.95. The summed E-state index contributed by atoms with van der Waals surface area (Å²) in [7, 11) is 0. The number of ketones is 1. The lowest BCUT2D eigenvalue weighted by atomic mass is 10.0. The number of rotatable bonds is 3. The minimum absolute atomic E-state index is 0.00630. The Morgan fingerprint density at radius 3 is 2.53 bits per heavy atom. The number of aryl methyl sites for hydroxylation is 2. The van der Waals surface area contributed by atoms with Crippen molar-refractivity contribution in [3.8, 4) is 0 Å². The molecular formula is C14H14N2O. The zero-order valence-corrected chi connectivity index (χ0v) is 9.97. The van der Waals surface area contributed by atoms with Crippen LogP contribution in [0.2, 0.25) is 0 Å². The van der Waals surface area contributed by atoms with Gasteiger partial charge >= 0.3 is 0 Å². The molecule has 3 heteroatoms. The summed E-state index contributed by atoms with van der Waals surface area (Å²) < 4.78 is 0. The van der Waals surface area contributed by atoms with E-state index in [1.54, 1.807) is 6.20 Å². The Morgan fingerprint density at radius 2 is 1.88 bits per heavy atom. The van der Waals surface area contributed by atoms with Crippen molar-refractivity contribution in [1.82, 2.24) is 9.97 Å². The van der Waals surface area contributed by atoms with E-state index in [1.807, 2.05) is 38.1 Å². The lowest BCUT2D eigenvalue weighted by Gasteiger charge is -2.04. The van der Waals surface area contributed by atoms with Crippen molar-refractivity contribution < 1.29 is 4.79 Å². The van der Waals surface area contributed by atoms with Crippen LogP contribution in [-0.2, 0) is 6.42 Å². The van der Waals surface area contributed by atoms with Gasteiger partial charge in [-0.15, -0.1) is 0 Å². The molecule has 0 aliphatic rings. The topological polar surface area (TPSA) is 42.9 Å². The van der Waals surface area contributed by atoms with Crippen LogP contribution >= 0.6 is 0 Å². The SMILES string of the molecule is Cc1cnc(C(=O)Cc2ccccc2C)cn1. The molecule has 0 bridgehead atoms. The van der Waals surface area contributed by atoms with E-state index in [0.29, 0.717) is 12.1 Å². The standard InChI is InChI=1S/C14H14N2O/c1-10-5-3-4-6-12(10)7-14(17)13-9-15-11(2)8-16-13/h3-6,8-9H,7H2,1-2H3. The van der Waals surface area contributed by atoms with Gasteiger partial charge in [-0.25, -0.2) is 4.98 Å². The van der Waals surface area contributed by atoms with Gasteiger partial charge in [-0.2, -0.15) is 0 Å². The number of aromatic nitrogens is 2. The molecule has 0 aliphatic carbocycles. The number of carbonyl (C=O) groups excluding carboxylic acids is 1. The van der Waals surface area contributed by atoms with E-state index in [4.69, 9.17) is 0 Å². The summed E-state index contributed by atoms with van der Waals surface area (Å²) in [6.45, 7) is 3.85. The largest absolute Gasteiger partial charge is 0.292 e. The molecule has 3 nitrogen and oxygen atoms in total. The van der Waals surface area contributed by atoms with Crippen molar-refractivity contribution >= 4 is 5.78 Å². The second kappa shape index (κ2) is 4.87. The summed E-state index contributed by atoms with van der Waals surface area (Å²) >= 11 is 0. The molecule has 17 heavy (non-hydrogen) atoms. The van der Waals surface area contributed by atoms with Crippen molar-refractivity contribution in [2.75, 3.05) is 0 Å². The number of hydrogen-bond donors (Lipinski definition) is 0. The third-order valence-corrected chi connectivity index (χ3v) is 2.68. The Kier molecular flexibility index (Phi) is 3.28. The van der Waals surface area contributed by atoms with E-state index in [1.165, 1.54) is 6.20 Å². The van der Waals surface area contributed by atoms with Crippen molar-refractivity contribution in [1.29, 1.82) is 0 Å². The minimum atomic E-state index is 0.00630. The molecule has 1 aromatic carbocycles. The fourth-order valence-corrected chi connectivity index (χ4v) is 1.61. The van der Waals surface area contributed by atoms with E-state index in [-0.39, 0.29) is 5.78 Å². The Labute approximate surface area is 101 Å². The summed E-state index contributed by atoms with van der Waals surface area (Å²) in [6.07, 6.45) is 3.53. The molecule has 0 atom stereocenters. The van der Waals surface area contributed by atoms with Crippen LogP contribution in [0, 0.1) is 13.8 Å². The maximum Gasteiger partial charge on any atom is 0.187 e. The van der Waals surface area contributed by atoms with Crippen LogP contribution in [0.5, 0.6) is 0 Å². The molecule has 0 aliphatic heterocycles. The number of hydrogen-bond acceptors (Lipinski definition) is 3. The number of nitrogens with zero attached hydrogens (tertiary/aromatic N) is 2. The molecule has 0 amide bonds. The monoisotopic (exact) mass is 226 g/mol. The highest BCUT2D eigenvalue weighted by Gasteiger charge is 2.09. The third-order valence-electron chi connectivity index (χ3n) is 2.68. The summed E-state index contributed by atoms with van der Waals surface area (Å²) in [5, 5.41) is 0. The van der Waals surface area contributed by atoms with Crippen LogP contribution in [0.3, 0.4) is 0 Å². The predicted molar refractivity (Wildman–Crippen MR) is 66.0 cm³/mol. The van der Waals surface area contributed by atoms with Crippen LogP contribution in [-0.4, -0.2) is 15.8 Å². The molecule has 0 saturated carbocycles. The molecule has 86 valence electrons. The van der Waals surface area contributed by atoms with E-state index >= 15 is 0 Å². The molecule has 0 saturated heterocycles. The van der Waals surface area contributed by atoms with Gasteiger partial charge in [0.25, 0.3) is 0 Å². The molecule has 1 heterocycles. The van der Waals surface area contributed by atoms with Crippen LogP contribution in [0.1, 0.15) is 27.3 Å². The molecular weight excluding hydrogens is 212 g/mol. The van der Waals surface area contributed by atoms with Gasteiger partial charge in [0.2, 0.25) is 0 Å². The first-order valence-corrected chi connectivity index (χ1v) is 5.53. The van der Waals surface area contributed by atoms with Gasteiger partial charge in [0.05, 0.1) is 11.9 Å². The summed E-state index contributed by atoms with van der Waals surface area (Å²) in [4.78, 5) is 20.1. The first-order valence-electron chi connectivity index (χ1n) is 5.53. The molecule has 0 radical (unpaired) electrons. The van der Waals surface area contributed by atoms with Crippen molar-refractivity contribution in [3.05, 3.63) is 59.2 Å². The van der Waals surface area contributed by atoms with E-state index in [2.05, 4.69) is 9.97 Å². The minimum Gasteiger partial charge on any atom is -0.292 e. The van der Waals surface area contributed by atoms with Crippen molar-refractivity contribution in [3.63, 3.8) is 0 Å². The van der Waals surface area contributed by atoms with Gasteiger partial charge in [0.1, 0.15) is 5.69 Å². The fraction of sp³-hybridized carbons (Fsp3) is 0.214. The van der Waals surface area contributed by atoms with Crippen LogP contribution in [0.25, 0.3) is 0 Å². The summed E-state index contributed by atoms with van der Waals surface area (Å²) in [5.74, 6) is 0.00630. The van der Waals surface area contributed by atoms with E-state index in [9.17, 15) is 4.79 Å². The fourth-order valence-electron chi connectivity index (χ4n) is 1.61. The third kappa shape index (κ3) is 2.75. The van der Waals surface area contributed by atoms with E-state index in [0.717, 1.165) is 16.8 Å². The molecule has 2 aromatic rings. The Balaban J connectivity index is 2.17. The number of benzene rings is 1. The molecule has 0 unspecified atom stereocenters. The first kappa shape index (κ1) is 11.5. The lowest BCUT2D eigenvalue weighted by molar-refractivity contribution is 0.0987. The second-order valence-corrected chi connectivity index (χ2v) is 4.07. The van der Waals surface area contributed by atoms with Crippen LogP contribution in [0.4, 0.5) is 0 Å². The van der Waals surface area contributed by atoms with E-state index < -0.39 is 0 Å². The van der Waals surface area contributed by atoms with Gasteiger partial charge in [0, 0.05) is 12.6 Å². The maximum absolute atomic E-state index is 12.0. The average molecular weight is 226 g/mol. The quantitative estimate of drug-likeness (QED) is 0.755. The highest BCUT2D eigenvalue weighted by Crippen LogP contribution is 2.10. The number of carbonyl (C=O) groups is 1. The van der Waals surface area contributed by atoms with Crippen LogP contribution in [0.15, 0.2) is 36.7 Å². The first-order chi connectivity index (χ1) is 8.16. The van der Waals surface area contributed by atoms with Crippen molar-refractivity contribution in [2.24, 2.45) is 0 Å². The van der Waals surface area contributed by atoms with Gasteiger partial charge in [-0.1, -0.05) is 24.3 Å². The van der Waals surface area contributed by atoms with Gasteiger partial charge in [-0.05, 0) is 25.0 Å². The number of Topliss-reactive ketones (excluding diaryl/α,β-unsaturated/α-hetero) is 1. The second-order valence-electron chi connectivity index (χ2n) is 4.07. The normalized spacial score (nSPS) is 10.2. The molecule has 0 N–H and O–H groups in total. The Bertz CT molecular complexity index is 532. The molecule has 2 rings (SSSR count). The predicted octanol–water partition coefficient (Wildman–Crippen LogP) is 2.52. The van der Waals surface area contributed by atoms with Crippen LogP contribution < -0.4 is 0 Å². The van der Waals surface area contributed by atoms with Gasteiger partial charge in [-0.3, -0.25) is 9.78 Å². The molecule has 0 fully saturated rings. The zero-order chi connectivity index (χ0) is 12.3.